The number of aromatic nitrogens is 2. The maximum absolute atomic E-state index is 7.13. The number of para-hydroxylation sites is 1. The molecule has 0 radical (unpaired) electrons. The first-order valence-electron chi connectivity index (χ1n) is 23.7. The number of allylic oxidation sites excluding steroid dienone is 1. The fourth-order valence-electron chi connectivity index (χ4n) is 8.98. The van der Waals surface area contributed by atoms with Crippen molar-refractivity contribution in [2.24, 2.45) is 0 Å². The van der Waals surface area contributed by atoms with Gasteiger partial charge in [0, 0.05) is 61.1 Å². The van der Waals surface area contributed by atoms with E-state index in [0.717, 1.165) is 44.9 Å². The van der Waals surface area contributed by atoms with Gasteiger partial charge in [-0.15, -0.1) is 53.8 Å². The Hall–Kier alpha value is -5.12. The molecule has 0 unspecified atom stereocenters. The number of ether oxygens (including phenoxy) is 1. The van der Waals surface area contributed by atoms with Crippen molar-refractivity contribution >= 4 is 33.2 Å². The number of hydrogen-bond acceptors (Lipinski definition) is 4. The van der Waals surface area contributed by atoms with Gasteiger partial charge in [0.05, 0.1) is 0 Å². The monoisotopic (exact) mass is 1070 g/mol. The molecule has 8 rings (SSSR count). The van der Waals surface area contributed by atoms with Crippen LogP contribution in [0.5, 0.6) is 11.5 Å². The van der Waals surface area contributed by atoms with Crippen molar-refractivity contribution in [1.82, 2.24) is 9.55 Å². The fourth-order valence-corrected chi connectivity index (χ4v) is 8.98. The normalized spacial score (nSPS) is 14.2. The van der Waals surface area contributed by atoms with E-state index in [0.29, 0.717) is 11.5 Å². The van der Waals surface area contributed by atoms with Gasteiger partial charge in [-0.1, -0.05) is 183 Å². The zero-order valence-corrected chi connectivity index (χ0v) is 45.3. The van der Waals surface area contributed by atoms with Crippen LogP contribution in [-0.2, 0) is 53.6 Å². The predicted octanol–water partition coefficient (Wildman–Crippen LogP) is 16.3. The van der Waals surface area contributed by atoms with Gasteiger partial charge in [-0.2, -0.15) is 0 Å². The van der Waals surface area contributed by atoms with Crippen LogP contribution < -0.4 is 14.5 Å². The minimum absolute atomic E-state index is 0. The van der Waals surface area contributed by atoms with Crippen LogP contribution in [0.1, 0.15) is 151 Å². The van der Waals surface area contributed by atoms with Crippen LogP contribution in [0, 0.1) is 18.8 Å². The second kappa shape index (κ2) is 17.4. The molecule has 6 heteroatoms. The molecule has 0 aliphatic carbocycles. The topological polar surface area (TPSA) is 33.5 Å². The number of pyridine rings is 1. The average Bonchev–Trinajstić information content (AvgIpc) is 3.83. The van der Waals surface area contributed by atoms with Crippen LogP contribution in [0.15, 0.2) is 121 Å². The summed E-state index contributed by atoms with van der Waals surface area (Å²) in [5.74, 6) is 2.14. The molecule has 354 valence electrons. The number of hydrogen-bond donors (Lipinski definition) is 0. The summed E-state index contributed by atoms with van der Waals surface area (Å²) in [5, 5.41) is 2.33. The number of nitrogens with zero attached hydrogens (tertiary/aromatic N) is 4. The van der Waals surface area contributed by atoms with E-state index in [1.165, 1.54) is 33.2 Å². The summed E-state index contributed by atoms with van der Waals surface area (Å²) in [6, 6.07) is 45.2. The molecule has 5 nitrogen and oxygen atoms in total. The smallest absolute Gasteiger partial charge is 0.135 e. The standard InChI is InChI=1S/C61H71N4O.Pt/c1-56(2,3)41-27-28-62-54(34-41)65-51-26-22-21-25-49(51)55-50(60(13,14)15)36-48(37-52(55)65)66-47-33-44(59(10,11)12)32-46(35-47)64-39-63(38-53(64)61(16,17)40-23-19-18-20-24-40)45-30-42(57(4,5)6)29-43(31-45)58(7,8)9;/h18-34,36,38-39H,1-17H3;/q-3;. The van der Waals surface area contributed by atoms with Gasteiger partial charge in [0.25, 0.3) is 0 Å². The molecule has 0 fully saturated rings. The van der Waals surface area contributed by atoms with Crippen molar-refractivity contribution < 1.29 is 25.8 Å². The number of rotatable bonds is 7. The first kappa shape index (κ1) is 49.8. The summed E-state index contributed by atoms with van der Waals surface area (Å²) in [4.78, 5) is 9.62. The molecule has 3 heterocycles. The Balaban J connectivity index is 0.00000666. The molecule has 0 amide bonds. The molecule has 5 aromatic carbocycles. The molecule has 0 spiro atoms. The quantitative estimate of drug-likeness (QED) is 0.149. The third-order valence-electron chi connectivity index (χ3n) is 13.3. The van der Waals surface area contributed by atoms with Crippen molar-refractivity contribution in [3.63, 3.8) is 0 Å². The maximum Gasteiger partial charge on any atom is 0.135 e. The molecule has 7 aromatic rings. The first-order chi connectivity index (χ1) is 30.6. The maximum atomic E-state index is 7.13. The molecule has 0 atom stereocenters. The Bertz CT molecular complexity index is 2940. The van der Waals surface area contributed by atoms with Gasteiger partial charge < -0.3 is 19.1 Å². The fraction of sp³-hybridized carbons (Fsp3) is 0.377. The molecular weight excluding hydrogens is 1000 g/mol. The van der Waals surface area contributed by atoms with Crippen molar-refractivity contribution in [3.05, 3.63) is 173 Å². The van der Waals surface area contributed by atoms with Gasteiger partial charge in [-0.05, 0) is 91.2 Å². The van der Waals surface area contributed by atoms with E-state index in [-0.39, 0.29) is 53.6 Å². The molecule has 0 bridgehead atoms. The predicted molar refractivity (Wildman–Crippen MR) is 280 cm³/mol. The van der Waals surface area contributed by atoms with Gasteiger partial charge in [-0.3, -0.25) is 0 Å². The number of anilines is 2. The number of benzene rings is 5. The molecule has 0 saturated carbocycles. The van der Waals surface area contributed by atoms with Gasteiger partial charge in [0.15, 0.2) is 0 Å². The van der Waals surface area contributed by atoms with Gasteiger partial charge in [0.2, 0.25) is 0 Å². The second-order valence-corrected chi connectivity index (χ2v) is 24.2. The Morgan fingerprint density at radius 1 is 0.537 bits per heavy atom. The van der Waals surface area contributed by atoms with Crippen molar-refractivity contribution in [3.8, 4) is 17.3 Å². The average molecular weight is 1070 g/mol. The molecule has 2 aromatic heterocycles. The third kappa shape index (κ3) is 9.92. The van der Waals surface area contributed by atoms with Crippen LogP contribution in [0.25, 0.3) is 27.6 Å². The summed E-state index contributed by atoms with van der Waals surface area (Å²) in [6.07, 6.45) is 4.25. The molecule has 67 heavy (non-hydrogen) atoms. The largest absolute Gasteiger partial charge is 0.509 e. The van der Waals surface area contributed by atoms with Crippen LogP contribution >= 0.6 is 0 Å². The van der Waals surface area contributed by atoms with Gasteiger partial charge >= 0.3 is 0 Å². The Morgan fingerprint density at radius 3 is 1.70 bits per heavy atom. The van der Waals surface area contributed by atoms with E-state index in [9.17, 15) is 0 Å². The first-order valence-corrected chi connectivity index (χ1v) is 23.7. The van der Waals surface area contributed by atoms with Crippen LogP contribution in [0.2, 0.25) is 0 Å². The van der Waals surface area contributed by atoms with E-state index in [1.807, 2.05) is 6.20 Å². The van der Waals surface area contributed by atoms with Crippen LogP contribution in [0.3, 0.4) is 0 Å². The SMILES string of the molecule is CC(C)(C)c1cc(Oc2[c-]c3c(c(C(C)(C)C)c2)c2ccccc2n3-c2cc(C(C)(C)C)ccn2)[c-]c(N2[CH-]N(c3cc(C(C)(C)C)cc(C(C)(C)C)c3)C=C2C(C)(C)c2ccccc2)c1.[Pt]. The van der Waals surface area contributed by atoms with Gasteiger partial charge in [0.1, 0.15) is 5.82 Å². The Kier molecular flexibility index (Phi) is 13.0. The van der Waals surface area contributed by atoms with Crippen LogP contribution in [0.4, 0.5) is 11.4 Å². The van der Waals surface area contributed by atoms with Crippen molar-refractivity contribution in [2.45, 2.75) is 150 Å². The molecule has 1 aliphatic rings. The molecular formula is C61H71N4OPt-3. The summed E-state index contributed by atoms with van der Waals surface area (Å²) in [5.41, 5.74) is 11.7. The van der Waals surface area contributed by atoms with E-state index >= 15 is 0 Å². The summed E-state index contributed by atoms with van der Waals surface area (Å²) < 4.78 is 9.39. The minimum atomic E-state index is -0.375. The van der Waals surface area contributed by atoms with E-state index in [1.54, 1.807) is 0 Å². The van der Waals surface area contributed by atoms with E-state index in [2.05, 4.69) is 260 Å². The second-order valence-electron chi connectivity index (χ2n) is 24.2. The zero-order chi connectivity index (χ0) is 47.9. The molecule has 1 aliphatic heterocycles. The van der Waals surface area contributed by atoms with Crippen molar-refractivity contribution in [1.29, 1.82) is 0 Å². The van der Waals surface area contributed by atoms with Crippen molar-refractivity contribution in [2.75, 3.05) is 9.80 Å². The zero-order valence-electron chi connectivity index (χ0n) is 43.1. The Morgan fingerprint density at radius 2 is 1.10 bits per heavy atom. The van der Waals surface area contributed by atoms with E-state index in [4.69, 9.17) is 9.72 Å². The molecule has 0 saturated heterocycles. The molecule has 0 N–H and O–H groups in total. The number of fused-ring (bicyclic) bond motifs is 3. The Labute approximate surface area is 416 Å². The summed E-state index contributed by atoms with van der Waals surface area (Å²) in [6.45, 7) is 41.0. The van der Waals surface area contributed by atoms with E-state index < -0.39 is 0 Å². The summed E-state index contributed by atoms with van der Waals surface area (Å²) in [7, 11) is 0. The van der Waals surface area contributed by atoms with Gasteiger partial charge in [-0.25, -0.2) is 4.98 Å². The van der Waals surface area contributed by atoms with Crippen LogP contribution in [-0.4, -0.2) is 9.55 Å². The minimum Gasteiger partial charge on any atom is -0.509 e. The summed E-state index contributed by atoms with van der Waals surface area (Å²) >= 11 is 0. The third-order valence-corrected chi connectivity index (χ3v) is 13.3.